The van der Waals surface area contributed by atoms with Gasteiger partial charge >= 0.3 is 0 Å². The van der Waals surface area contributed by atoms with Crippen LogP contribution in [-0.2, 0) is 0 Å². The summed E-state index contributed by atoms with van der Waals surface area (Å²) in [5.41, 5.74) is 13.4. The highest BCUT2D eigenvalue weighted by molar-refractivity contribution is 5.37. The molecule has 4 saturated carbocycles. The van der Waals surface area contributed by atoms with Crippen LogP contribution in [0.5, 0.6) is 0 Å². The van der Waals surface area contributed by atoms with Gasteiger partial charge in [0.15, 0.2) is 0 Å². The van der Waals surface area contributed by atoms with Crippen LogP contribution in [0.1, 0.15) is 176 Å². The lowest BCUT2D eigenvalue weighted by molar-refractivity contribution is -0.0277. The monoisotopic (exact) mass is 1200 g/mol. The first-order valence-electron chi connectivity index (χ1n) is 32.1. The van der Waals surface area contributed by atoms with E-state index >= 15 is 0 Å². The van der Waals surface area contributed by atoms with Gasteiger partial charge in [0.05, 0.1) is 48.8 Å². The van der Waals surface area contributed by atoms with Crippen LogP contribution >= 0.6 is 0 Å². The highest BCUT2D eigenvalue weighted by Gasteiger charge is 2.46. The number of hydrogen-bond acceptors (Lipinski definition) is 8. The third-order valence-electron chi connectivity index (χ3n) is 17.8. The number of aliphatic hydroxyl groups is 8. The van der Waals surface area contributed by atoms with E-state index in [2.05, 4.69) is 154 Å². The SMILES string of the molecule is CC(/C=C/C=C(/C=C=C1C(C)(C)CC(O)CC1(C)O)CO)=C\C=C\C=C(C)\C=C\C=C(C)\C=C\C1C(C)CC(O)CC1(C)C.CC(/C=C/C=C(/C=C=C1C(C)(C)CC(O)CC1(C)O)CO)=C\C=C\C=C(C)\C=C\C=C(C)\C=C\C1C(C)CC(O)CC1(C)C. The smallest absolute Gasteiger partial charge is 0.0931 e. The molecule has 0 heterocycles. The van der Waals surface area contributed by atoms with E-state index in [1.807, 2.05) is 114 Å². The van der Waals surface area contributed by atoms with E-state index in [9.17, 15) is 40.9 Å². The molecule has 10 unspecified atom stereocenters. The van der Waals surface area contributed by atoms with E-state index < -0.39 is 23.4 Å². The number of aliphatic hydroxyl groups excluding tert-OH is 6. The maximum absolute atomic E-state index is 10.9. The molecule has 10 atom stereocenters. The number of hydrogen-bond donors (Lipinski definition) is 8. The fourth-order valence-corrected chi connectivity index (χ4v) is 13.7. The van der Waals surface area contributed by atoms with E-state index in [1.165, 1.54) is 11.1 Å². The molecule has 88 heavy (non-hydrogen) atoms. The summed E-state index contributed by atoms with van der Waals surface area (Å²) in [7, 11) is 0. The molecule has 8 nitrogen and oxygen atoms in total. The number of rotatable bonds is 20. The van der Waals surface area contributed by atoms with E-state index in [0.717, 1.165) is 59.1 Å². The second-order valence-corrected chi connectivity index (χ2v) is 29.1. The number of allylic oxidation sites excluding steroid dienone is 30. The molecule has 0 radical (unpaired) electrons. The Kier molecular flexibility index (Phi) is 30.8. The van der Waals surface area contributed by atoms with Gasteiger partial charge in [0.25, 0.3) is 0 Å². The van der Waals surface area contributed by atoms with Crippen molar-refractivity contribution in [3.05, 3.63) is 225 Å². The Morgan fingerprint density at radius 3 is 0.932 bits per heavy atom. The summed E-state index contributed by atoms with van der Waals surface area (Å²) in [6.45, 7) is 37.1. The Bertz CT molecular complexity index is 2720. The molecule has 0 spiro atoms. The van der Waals surface area contributed by atoms with Gasteiger partial charge in [0.1, 0.15) is 0 Å². The molecule has 0 aromatic carbocycles. The molecule has 0 amide bonds. The molecule has 0 saturated heterocycles. The molecule has 0 aromatic heterocycles. The average molecular weight is 1210 g/mol. The van der Waals surface area contributed by atoms with Crippen LogP contribution < -0.4 is 0 Å². The Morgan fingerprint density at radius 2 is 0.659 bits per heavy atom. The fraction of sp³-hybridized carbons (Fsp3) is 0.525. The molecular formula is C80H116O8. The highest BCUT2D eigenvalue weighted by Crippen LogP contribution is 2.48. The third-order valence-corrected chi connectivity index (χ3v) is 17.8. The zero-order valence-corrected chi connectivity index (χ0v) is 57.3. The second-order valence-electron chi connectivity index (χ2n) is 29.1. The standard InChI is InChI=1S/2C40H58O4/c2*1-29(16-12-17-31(3)20-22-36-32(4)24-34(42)25-38(36,5)6)14-10-11-15-30(2)18-13-19-33(28-41)21-23-37-39(7,8)26-35(43)27-40(37,9)44/h2*10-22,32,34-36,41-44H,24-28H2,1-9H3/b2*11-10+,16-12+,18-13+,22-20+,29-14+,30-15+,31-17+,33-19-. The summed E-state index contributed by atoms with van der Waals surface area (Å²) in [6.07, 6.45) is 56.6. The molecule has 4 rings (SSSR count). The summed E-state index contributed by atoms with van der Waals surface area (Å²) < 4.78 is 0. The highest BCUT2D eigenvalue weighted by atomic mass is 16.3. The van der Waals surface area contributed by atoms with Crippen molar-refractivity contribution in [1.82, 2.24) is 0 Å². The quantitative estimate of drug-likeness (QED) is 0.0441. The van der Waals surface area contributed by atoms with Crippen molar-refractivity contribution in [2.75, 3.05) is 13.2 Å². The lowest BCUT2D eigenvalue weighted by atomic mass is 9.63. The van der Waals surface area contributed by atoms with Crippen LogP contribution in [0, 0.1) is 45.3 Å². The predicted octanol–water partition coefficient (Wildman–Crippen LogP) is 16.8. The molecule has 0 bridgehead atoms. The van der Waals surface area contributed by atoms with Crippen molar-refractivity contribution in [2.24, 2.45) is 45.3 Å². The van der Waals surface area contributed by atoms with E-state index in [0.29, 0.717) is 47.7 Å². The topological polar surface area (TPSA) is 162 Å². The zero-order valence-electron chi connectivity index (χ0n) is 57.3. The van der Waals surface area contributed by atoms with Crippen LogP contribution in [0.2, 0.25) is 0 Å². The third kappa shape index (κ3) is 26.6. The molecule has 0 aliphatic heterocycles. The first-order chi connectivity index (χ1) is 40.9. The van der Waals surface area contributed by atoms with Crippen LogP contribution in [0.15, 0.2) is 225 Å². The maximum Gasteiger partial charge on any atom is 0.0931 e. The minimum absolute atomic E-state index is 0.106. The molecule has 0 aromatic rings. The van der Waals surface area contributed by atoms with E-state index in [1.54, 1.807) is 26.0 Å². The van der Waals surface area contributed by atoms with Gasteiger partial charge in [-0.1, -0.05) is 249 Å². The van der Waals surface area contributed by atoms with Gasteiger partial charge in [0, 0.05) is 24.0 Å². The van der Waals surface area contributed by atoms with Gasteiger partial charge in [-0.05, 0) is 163 Å². The Labute approximate surface area is 533 Å². The Balaban J connectivity index is 0.000000460. The summed E-state index contributed by atoms with van der Waals surface area (Å²) in [5.74, 6) is 1.88. The summed E-state index contributed by atoms with van der Waals surface area (Å²) in [6, 6.07) is 0. The Hall–Kier alpha value is -5.44. The normalized spacial score (nSPS) is 30.6. The molecule has 8 heteroatoms. The van der Waals surface area contributed by atoms with Gasteiger partial charge in [0.2, 0.25) is 0 Å². The molecule has 4 aliphatic carbocycles. The van der Waals surface area contributed by atoms with Crippen molar-refractivity contribution >= 4 is 0 Å². The van der Waals surface area contributed by atoms with Crippen molar-refractivity contribution in [3.8, 4) is 0 Å². The zero-order chi connectivity index (χ0) is 66.3. The van der Waals surface area contributed by atoms with Gasteiger partial charge in [-0.15, -0.1) is 11.5 Å². The van der Waals surface area contributed by atoms with Crippen molar-refractivity contribution in [1.29, 1.82) is 0 Å². The minimum atomic E-state index is -1.13. The first kappa shape index (κ1) is 76.8. The minimum Gasteiger partial charge on any atom is -0.393 e. The second kappa shape index (κ2) is 35.2. The fourth-order valence-electron chi connectivity index (χ4n) is 13.7. The maximum atomic E-state index is 10.9. The molecular weight excluding hydrogens is 1090 g/mol. The van der Waals surface area contributed by atoms with Crippen LogP contribution in [-0.4, -0.2) is 89.7 Å². The van der Waals surface area contributed by atoms with Gasteiger partial charge in [-0.3, -0.25) is 0 Å². The van der Waals surface area contributed by atoms with Gasteiger partial charge in [-0.2, -0.15) is 0 Å². The van der Waals surface area contributed by atoms with Crippen molar-refractivity contribution in [3.63, 3.8) is 0 Å². The lowest BCUT2D eigenvalue weighted by Gasteiger charge is -2.43. The molecule has 8 N–H and O–H groups in total. The van der Waals surface area contributed by atoms with Crippen molar-refractivity contribution in [2.45, 2.75) is 212 Å². The first-order valence-corrected chi connectivity index (χ1v) is 32.1. The van der Waals surface area contributed by atoms with Crippen LogP contribution in [0.3, 0.4) is 0 Å². The van der Waals surface area contributed by atoms with E-state index in [-0.39, 0.29) is 59.9 Å². The lowest BCUT2D eigenvalue weighted by Crippen LogP contribution is -2.45. The molecule has 4 fully saturated rings. The largest absolute Gasteiger partial charge is 0.393 e. The van der Waals surface area contributed by atoms with Gasteiger partial charge < -0.3 is 40.9 Å². The summed E-state index contributed by atoms with van der Waals surface area (Å²) in [5, 5.41) is 81.9. The van der Waals surface area contributed by atoms with E-state index in [4.69, 9.17) is 0 Å². The molecule has 484 valence electrons. The summed E-state index contributed by atoms with van der Waals surface area (Å²) in [4.78, 5) is 0. The van der Waals surface area contributed by atoms with Crippen LogP contribution in [0.25, 0.3) is 0 Å². The summed E-state index contributed by atoms with van der Waals surface area (Å²) >= 11 is 0. The molecule has 4 aliphatic rings. The van der Waals surface area contributed by atoms with Crippen molar-refractivity contribution < 1.29 is 40.9 Å². The Morgan fingerprint density at radius 1 is 0.386 bits per heavy atom. The van der Waals surface area contributed by atoms with Gasteiger partial charge in [-0.25, -0.2) is 0 Å². The van der Waals surface area contributed by atoms with Crippen LogP contribution in [0.4, 0.5) is 0 Å². The predicted molar refractivity (Wildman–Crippen MR) is 372 cm³/mol. The average Bonchev–Trinajstić information content (AvgIpc) is 0.997.